The number of halogens is 3. The molecule has 1 aromatic carbocycles. The Labute approximate surface area is 168 Å². The van der Waals surface area contributed by atoms with Crippen molar-refractivity contribution in [1.82, 2.24) is 14.7 Å². The van der Waals surface area contributed by atoms with Gasteiger partial charge >= 0.3 is 6.18 Å². The van der Waals surface area contributed by atoms with Gasteiger partial charge in [0, 0.05) is 51.4 Å². The number of rotatable bonds is 6. The van der Waals surface area contributed by atoms with Crippen molar-refractivity contribution in [2.24, 2.45) is 5.92 Å². The molecule has 0 bridgehead atoms. The van der Waals surface area contributed by atoms with Gasteiger partial charge in [-0.3, -0.25) is 14.5 Å². The van der Waals surface area contributed by atoms with Crippen molar-refractivity contribution in [3.05, 3.63) is 29.8 Å². The quantitative estimate of drug-likeness (QED) is 0.778. The number of likely N-dealkylation sites (tertiary alicyclic amines) is 1. The molecule has 1 aromatic rings. The van der Waals surface area contributed by atoms with Gasteiger partial charge in [-0.15, -0.1) is 0 Å². The Kier molecular flexibility index (Phi) is 6.79. The number of carbonyl (C=O) groups is 2. The predicted molar refractivity (Wildman–Crippen MR) is 103 cm³/mol. The van der Waals surface area contributed by atoms with Gasteiger partial charge in [-0.1, -0.05) is 19.1 Å². The fourth-order valence-electron chi connectivity index (χ4n) is 3.78. The van der Waals surface area contributed by atoms with Gasteiger partial charge in [-0.25, -0.2) is 0 Å². The first kappa shape index (κ1) is 21.6. The van der Waals surface area contributed by atoms with Crippen LogP contribution in [-0.4, -0.2) is 78.5 Å². The fourth-order valence-corrected chi connectivity index (χ4v) is 3.78. The third-order valence-corrected chi connectivity index (χ3v) is 5.50. The highest BCUT2D eigenvalue weighted by molar-refractivity contribution is 5.97. The van der Waals surface area contributed by atoms with Crippen molar-refractivity contribution in [2.75, 3.05) is 51.1 Å². The average molecular weight is 412 g/mol. The molecule has 2 saturated heterocycles. The second-order valence-corrected chi connectivity index (χ2v) is 7.69. The minimum Gasteiger partial charge on any atom is -0.333 e. The monoisotopic (exact) mass is 412 g/mol. The highest BCUT2D eigenvalue weighted by atomic mass is 19.4. The van der Waals surface area contributed by atoms with E-state index < -0.39 is 30.5 Å². The number of piperazine rings is 1. The highest BCUT2D eigenvalue weighted by Gasteiger charge is 2.40. The molecule has 1 atom stereocenters. The molecule has 6 nitrogen and oxygen atoms in total. The van der Waals surface area contributed by atoms with E-state index in [2.05, 4.69) is 22.0 Å². The normalized spacial score (nSPS) is 21.6. The number of benzene rings is 1. The van der Waals surface area contributed by atoms with Crippen molar-refractivity contribution >= 4 is 17.5 Å². The summed E-state index contributed by atoms with van der Waals surface area (Å²) in [5.74, 6) is -1.83. The first-order valence-electron chi connectivity index (χ1n) is 9.92. The molecule has 160 valence electrons. The number of carbonyl (C=O) groups excluding carboxylic acids is 2. The largest absolute Gasteiger partial charge is 0.406 e. The Morgan fingerprint density at radius 3 is 2.31 bits per heavy atom. The lowest BCUT2D eigenvalue weighted by molar-refractivity contribution is -0.157. The van der Waals surface area contributed by atoms with Crippen molar-refractivity contribution in [3.8, 4) is 0 Å². The van der Waals surface area contributed by atoms with Crippen LogP contribution >= 0.6 is 0 Å². The molecular weight excluding hydrogens is 385 g/mol. The molecule has 0 aliphatic carbocycles. The molecule has 2 aliphatic heterocycles. The minimum absolute atomic E-state index is 0.191. The number of alkyl halides is 3. The van der Waals surface area contributed by atoms with E-state index in [1.54, 1.807) is 12.1 Å². The number of hydrogen-bond acceptors (Lipinski definition) is 4. The summed E-state index contributed by atoms with van der Waals surface area (Å²) in [6.45, 7) is 6.75. The molecule has 2 aliphatic rings. The first-order valence-corrected chi connectivity index (χ1v) is 9.92. The van der Waals surface area contributed by atoms with Gasteiger partial charge in [0.2, 0.25) is 11.8 Å². The van der Waals surface area contributed by atoms with E-state index in [9.17, 15) is 22.8 Å². The van der Waals surface area contributed by atoms with Crippen LogP contribution in [0.4, 0.5) is 18.9 Å². The number of anilines is 1. The van der Waals surface area contributed by atoms with Gasteiger partial charge in [0.15, 0.2) is 0 Å². The van der Waals surface area contributed by atoms with Gasteiger partial charge in [0.05, 0.1) is 5.92 Å². The topological polar surface area (TPSA) is 55.9 Å². The molecule has 0 saturated carbocycles. The summed E-state index contributed by atoms with van der Waals surface area (Å²) in [5.41, 5.74) is 1.72. The Morgan fingerprint density at radius 2 is 1.72 bits per heavy atom. The number of nitrogens with zero attached hydrogens (tertiary/aromatic N) is 3. The Bertz CT molecular complexity index is 715. The van der Waals surface area contributed by atoms with E-state index in [1.165, 1.54) is 0 Å². The van der Waals surface area contributed by atoms with Crippen LogP contribution in [0, 0.1) is 5.92 Å². The molecule has 1 N–H and O–H groups in total. The van der Waals surface area contributed by atoms with E-state index in [4.69, 9.17) is 0 Å². The number of amides is 2. The van der Waals surface area contributed by atoms with Crippen LogP contribution in [0.3, 0.4) is 0 Å². The summed E-state index contributed by atoms with van der Waals surface area (Å²) in [6.07, 6.45) is -4.65. The number of hydrogen-bond donors (Lipinski definition) is 1. The van der Waals surface area contributed by atoms with Crippen LogP contribution < -0.4 is 5.32 Å². The van der Waals surface area contributed by atoms with E-state index >= 15 is 0 Å². The summed E-state index contributed by atoms with van der Waals surface area (Å²) >= 11 is 0. The van der Waals surface area contributed by atoms with Crippen molar-refractivity contribution in [2.45, 2.75) is 26.1 Å². The minimum atomic E-state index is -4.46. The second-order valence-electron chi connectivity index (χ2n) is 7.69. The Morgan fingerprint density at radius 1 is 1.10 bits per heavy atom. The molecule has 29 heavy (non-hydrogen) atoms. The number of likely N-dealkylation sites (N-methyl/N-ethyl adjacent to an activating group) is 1. The summed E-state index contributed by atoms with van der Waals surface area (Å²) in [5, 5.41) is 2.71. The molecular formula is C20H27F3N4O2. The maximum Gasteiger partial charge on any atom is 0.406 e. The van der Waals surface area contributed by atoms with Crippen LogP contribution in [0.5, 0.6) is 0 Å². The molecule has 0 aromatic heterocycles. The zero-order valence-corrected chi connectivity index (χ0v) is 16.5. The van der Waals surface area contributed by atoms with Gasteiger partial charge in [-0.2, -0.15) is 13.2 Å². The molecule has 0 spiro atoms. The van der Waals surface area contributed by atoms with Crippen LogP contribution in [0.1, 0.15) is 18.9 Å². The van der Waals surface area contributed by atoms with E-state index in [-0.39, 0.29) is 13.0 Å². The summed E-state index contributed by atoms with van der Waals surface area (Å²) in [6, 6.07) is 7.47. The molecule has 0 radical (unpaired) electrons. The maximum atomic E-state index is 12.5. The zero-order chi connectivity index (χ0) is 21.0. The Balaban J connectivity index is 1.48. The fraction of sp³-hybridized carbons (Fsp3) is 0.600. The summed E-state index contributed by atoms with van der Waals surface area (Å²) < 4.78 is 37.5. The highest BCUT2D eigenvalue weighted by Crippen LogP contribution is 2.25. The molecule has 2 heterocycles. The molecule has 2 amide bonds. The van der Waals surface area contributed by atoms with Gasteiger partial charge in [-0.05, 0) is 24.2 Å². The van der Waals surface area contributed by atoms with E-state index in [0.717, 1.165) is 44.8 Å². The Hall–Kier alpha value is -2.13. The lowest BCUT2D eigenvalue weighted by Gasteiger charge is -2.34. The van der Waals surface area contributed by atoms with Gasteiger partial charge in [0.1, 0.15) is 6.54 Å². The lowest BCUT2D eigenvalue weighted by atomic mass is 10.1. The zero-order valence-electron chi connectivity index (χ0n) is 16.5. The van der Waals surface area contributed by atoms with Crippen LogP contribution in [0.2, 0.25) is 0 Å². The standard InChI is InChI=1S/C20H27F3N4O2/c1-2-25-7-9-26(10-8-25)12-15-3-5-17(6-4-15)24-19(29)16-11-18(28)27(13-16)14-20(21,22)23/h3-6,16H,2,7-14H2,1H3,(H,24,29). The summed E-state index contributed by atoms with van der Waals surface area (Å²) in [4.78, 5) is 29.6. The summed E-state index contributed by atoms with van der Waals surface area (Å²) in [7, 11) is 0. The lowest BCUT2D eigenvalue weighted by Crippen LogP contribution is -2.45. The van der Waals surface area contributed by atoms with Crippen molar-refractivity contribution < 1.29 is 22.8 Å². The third-order valence-electron chi connectivity index (χ3n) is 5.50. The smallest absolute Gasteiger partial charge is 0.333 e. The molecule has 2 fully saturated rings. The molecule has 3 rings (SSSR count). The van der Waals surface area contributed by atoms with Crippen LogP contribution in [0.25, 0.3) is 0 Å². The van der Waals surface area contributed by atoms with Crippen LogP contribution in [0.15, 0.2) is 24.3 Å². The first-order chi connectivity index (χ1) is 13.7. The van der Waals surface area contributed by atoms with Crippen LogP contribution in [-0.2, 0) is 16.1 Å². The van der Waals surface area contributed by atoms with Crippen molar-refractivity contribution in [1.29, 1.82) is 0 Å². The third kappa shape index (κ3) is 6.17. The second kappa shape index (κ2) is 9.13. The average Bonchev–Trinajstić information content (AvgIpc) is 3.03. The maximum absolute atomic E-state index is 12.5. The van der Waals surface area contributed by atoms with Gasteiger partial charge in [0.25, 0.3) is 0 Å². The van der Waals surface area contributed by atoms with E-state index in [1.807, 2.05) is 12.1 Å². The van der Waals surface area contributed by atoms with Crippen molar-refractivity contribution in [3.63, 3.8) is 0 Å². The predicted octanol–water partition coefficient (Wildman–Crippen LogP) is 2.17. The SMILES string of the molecule is CCN1CCN(Cc2ccc(NC(=O)C3CC(=O)N(CC(F)(F)F)C3)cc2)CC1. The van der Waals surface area contributed by atoms with Gasteiger partial charge < -0.3 is 15.1 Å². The molecule has 9 heteroatoms. The van der Waals surface area contributed by atoms with E-state index in [0.29, 0.717) is 10.6 Å². The molecule has 1 unspecified atom stereocenters. The number of nitrogens with one attached hydrogen (secondary N) is 1.